The molecule has 0 bridgehead atoms. The van der Waals surface area contributed by atoms with E-state index in [-0.39, 0.29) is 0 Å². The van der Waals surface area contributed by atoms with Crippen LogP contribution in [0.3, 0.4) is 0 Å². The third kappa shape index (κ3) is 11.4. The van der Waals surface area contributed by atoms with E-state index in [1.165, 1.54) is 19.4 Å². The zero-order valence-corrected chi connectivity index (χ0v) is 14.8. The molecule has 0 aromatic carbocycles. The maximum Gasteiger partial charge on any atom is 0.0593 e. The van der Waals surface area contributed by atoms with E-state index in [9.17, 15) is 0 Å². The van der Waals surface area contributed by atoms with E-state index in [4.69, 9.17) is 9.47 Å². The van der Waals surface area contributed by atoms with Gasteiger partial charge in [-0.25, -0.2) is 0 Å². The van der Waals surface area contributed by atoms with Crippen molar-refractivity contribution < 1.29 is 9.47 Å². The van der Waals surface area contributed by atoms with Crippen LogP contribution in [-0.2, 0) is 9.47 Å². The van der Waals surface area contributed by atoms with Gasteiger partial charge in [0.05, 0.1) is 6.61 Å². The number of likely N-dealkylation sites (N-methyl/N-ethyl adjacent to an activating group) is 1. The first-order valence-electron chi connectivity index (χ1n) is 9.10. The van der Waals surface area contributed by atoms with Crippen LogP contribution in [-0.4, -0.2) is 89.1 Å². The van der Waals surface area contributed by atoms with Crippen LogP contribution >= 0.6 is 0 Å². The Kier molecular flexibility index (Phi) is 13.0. The van der Waals surface area contributed by atoms with Gasteiger partial charge in [0, 0.05) is 52.5 Å². The van der Waals surface area contributed by atoms with Gasteiger partial charge >= 0.3 is 0 Å². The molecule has 5 heteroatoms. The molecule has 0 amide bonds. The lowest BCUT2D eigenvalue weighted by Crippen LogP contribution is -2.39. The van der Waals surface area contributed by atoms with E-state index >= 15 is 0 Å². The number of rotatable bonds is 12. The van der Waals surface area contributed by atoms with Gasteiger partial charge in [0.1, 0.15) is 0 Å². The van der Waals surface area contributed by atoms with Crippen LogP contribution in [0.4, 0.5) is 0 Å². The number of hydrogen-bond donors (Lipinski definition) is 1. The minimum atomic E-state index is 0.883. The number of nitrogens with one attached hydrogen (secondary N) is 1. The van der Waals surface area contributed by atoms with Crippen LogP contribution in [0.25, 0.3) is 0 Å². The first kappa shape index (κ1) is 19.8. The molecular weight excluding hydrogens is 278 g/mol. The van der Waals surface area contributed by atoms with Crippen LogP contribution in [0.2, 0.25) is 0 Å². The zero-order chi connectivity index (χ0) is 15.9. The molecule has 132 valence electrons. The van der Waals surface area contributed by atoms with Crippen molar-refractivity contribution in [3.8, 4) is 0 Å². The van der Waals surface area contributed by atoms with E-state index in [0.29, 0.717) is 0 Å². The van der Waals surface area contributed by atoms with Gasteiger partial charge in [-0.3, -0.25) is 4.90 Å². The first-order chi connectivity index (χ1) is 10.8. The van der Waals surface area contributed by atoms with Crippen molar-refractivity contribution in [1.82, 2.24) is 15.1 Å². The Morgan fingerprint density at radius 2 is 2.00 bits per heavy atom. The highest BCUT2D eigenvalue weighted by Gasteiger charge is 2.08. The molecule has 0 aromatic rings. The van der Waals surface area contributed by atoms with Crippen LogP contribution in [0.15, 0.2) is 0 Å². The molecule has 0 saturated carbocycles. The summed E-state index contributed by atoms with van der Waals surface area (Å²) in [6, 6.07) is 0. The lowest BCUT2D eigenvalue weighted by molar-refractivity contribution is 0.0772. The lowest BCUT2D eigenvalue weighted by Gasteiger charge is -2.27. The molecule has 1 rings (SSSR count). The second-order valence-electron chi connectivity index (χ2n) is 6.18. The average molecular weight is 316 g/mol. The SMILES string of the molecule is CCCOCCCNCCN(C)CCN1CCCCOCC1. The number of hydrogen-bond acceptors (Lipinski definition) is 5. The zero-order valence-electron chi connectivity index (χ0n) is 14.8. The minimum absolute atomic E-state index is 0.883. The Balaban J connectivity index is 1.91. The summed E-state index contributed by atoms with van der Waals surface area (Å²) in [5, 5.41) is 3.49. The second-order valence-corrected chi connectivity index (χ2v) is 6.18. The molecule has 0 spiro atoms. The lowest BCUT2D eigenvalue weighted by atomic mass is 10.3. The topological polar surface area (TPSA) is 37.0 Å². The van der Waals surface area contributed by atoms with E-state index in [1.807, 2.05) is 0 Å². The highest BCUT2D eigenvalue weighted by molar-refractivity contribution is 4.64. The maximum atomic E-state index is 5.56. The summed E-state index contributed by atoms with van der Waals surface area (Å²) in [5.41, 5.74) is 0. The largest absolute Gasteiger partial charge is 0.381 e. The van der Waals surface area contributed by atoms with Gasteiger partial charge in [-0.15, -0.1) is 0 Å². The summed E-state index contributed by atoms with van der Waals surface area (Å²) >= 11 is 0. The molecule has 1 aliphatic heterocycles. The van der Waals surface area contributed by atoms with Crippen LogP contribution < -0.4 is 5.32 Å². The van der Waals surface area contributed by atoms with Crippen molar-refractivity contribution in [3.05, 3.63) is 0 Å². The van der Waals surface area contributed by atoms with Gasteiger partial charge in [-0.1, -0.05) is 6.92 Å². The van der Waals surface area contributed by atoms with Crippen molar-refractivity contribution in [2.24, 2.45) is 0 Å². The van der Waals surface area contributed by atoms with Crippen LogP contribution in [0.1, 0.15) is 32.6 Å². The molecule has 22 heavy (non-hydrogen) atoms. The predicted molar refractivity (Wildman–Crippen MR) is 92.6 cm³/mol. The summed E-state index contributed by atoms with van der Waals surface area (Å²) in [4.78, 5) is 4.95. The molecule has 1 heterocycles. The summed E-state index contributed by atoms with van der Waals surface area (Å²) in [5.74, 6) is 0. The van der Waals surface area contributed by atoms with Crippen LogP contribution in [0, 0.1) is 0 Å². The van der Waals surface area contributed by atoms with Gasteiger partial charge in [-0.2, -0.15) is 0 Å². The Morgan fingerprint density at radius 3 is 2.86 bits per heavy atom. The maximum absolute atomic E-state index is 5.56. The molecule has 0 aromatic heterocycles. The second kappa shape index (κ2) is 14.4. The normalized spacial score (nSPS) is 17.6. The molecule has 0 unspecified atom stereocenters. The van der Waals surface area contributed by atoms with Gasteiger partial charge in [0.2, 0.25) is 0 Å². The number of nitrogens with zero attached hydrogens (tertiary/aromatic N) is 2. The molecule has 0 aliphatic carbocycles. The smallest absolute Gasteiger partial charge is 0.0593 e. The van der Waals surface area contributed by atoms with Crippen molar-refractivity contribution in [3.63, 3.8) is 0 Å². The van der Waals surface area contributed by atoms with E-state index in [1.54, 1.807) is 0 Å². The first-order valence-corrected chi connectivity index (χ1v) is 9.10. The third-order valence-corrected chi connectivity index (χ3v) is 4.02. The molecule has 1 aliphatic rings. The molecule has 0 radical (unpaired) electrons. The molecule has 5 nitrogen and oxygen atoms in total. The molecule has 1 N–H and O–H groups in total. The Morgan fingerprint density at radius 1 is 1.09 bits per heavy atom. The molecular formula is C17H37N3O2. The average Bonchev–Trinajstić information content (AvgIpc) is 2.49. The van der Waals surface area contributed by atoms with Gasteiger partial charge in [-0.05, 0) is 45.8 Å². The quantitative estimate of drug-likeness (QED) is 0.552. The molecule has 1 fully saturated rings. The van der Waals surface area contributed by atoms with E-state index < -0.39 is 0 Å². The fourth-order valence-electron chi connectivity index (χ4n) is 2.54. The predicted octanol–water partition coefficient (Wildman–Crippen LogP) is 1.44. The monoisotopic (exact) mass is 315 g/mol. The van der Waals surface area contributed by atoms with Crippen molar-refractivity contribution in [2.75, 3.05) is 79.3 Å². The Hall–Kier alpha value is -0.200. The van der Waals surface area contributed by atoms with Gasteiger partial charge < -0.3 is 19.7 Å². The summed E-state index contributed by atoms with van der Waals surface area (Å²) < 4.78 is 11.0. The molecule has 1 saturated heterocycles. The highest BCUT2D eigenvalue weighted by Crippen LogP contribution is 2.01. The third-order valence-electron chi connectivity index (χ3n) is 4.02. The standard InChI is InChI=1S/C17H37N3O2/c1-3-14-21-16-6-7-18-8-10-19(2)11-12-20-9-4-5-15-22-17-13-20/h18H,3-17H2,1-2H3. The van der Waals surface area contributed by atoms with Crippen molar-refractivity contribution >= 4 is 0 Å². The van der Waals surface area contributed by atoms with Gasteiger partial charge in [0.25, 0.3) is 0 Å². The Bertz CT molecular complexity index is 234. The van der Waals surface area contributed by atoms with E-state index in [0.717, 1.165) is 78.5 Å². The highest BCUT2D eigenvalue weighted by atomic mass is 16.5. The number of ether oxygens (including phenoxy) is 2. The summed E-state index contributed by atoms with van der Waals surface area (Å²) in [6.45, 7) is 13.6. The fourth-order valence-corrected chi connectivity index (χ4v) is 2.54. The minimum Gasteiger partial charge on any atom is -0.381 e. The summed E-state index contributed by atoms with van der Waals surface area (Å²) in [7, 11) is 2.21. The van der Waals surface area contributed by atoms with E-state index in [2.05, 4.69) is 29.1 Å². The van der Waals surface area contributed by atoms with Crippen LogP contribution in [0.5, 0.6) is 0 Å². The molecule has 0 atom stereocenters. The van der Waals surface area contributed by atoms with Crippen molar-refractivity contribution in [1.29, 1.82) is 0 Å². The summed E-state index contributed by atoms with van der Waals surface area (Å²) in [6.07, 6.45) is 4.70. The fraction of sp³-hybridized carbons (Fsp3) is 1.00. The van der Waals surface area contributed by atoms with Gasteiger partial charge in [0.15, 0.2) is 0 Å². The van der Waals surface area contributed by atoms with Crippen molar-refractivity contribution in [2.45, 2.75) is 32.6 Å². The Labute approximate surface area is 137 Å².